The minimum atomic E-state index is 0.301. The number of pyridine rings is 2. The second-order valence-corrected chi connectivity index (χ2v) is 7.06. The standard InChI is InChI=1S/C19H20N4O/c24-19(12-3-4-12)23-9-1-2-14(11-23)17-16-13(5-7-20-17)10-22-18-15(16)6-8-21-18/h5-8,10,12,14,20H,1-4,9,11H2. The third-order valence-electron chi connectivity index (χ3n) is 5.40. The van der Waals surface area contributed by atoms with Crippen LogP contribution in [0.1, 0.15) is 37.3 Å². The number of hydrogen-bond donors (Lipinski definition) is 1. The number of fused-ring (bicyclic) bond motifs is 3. The maximum absolute atomic E-state index is 12.5. The van der Waals surface area contributed by atoms with Crippen LogP contribution in [0.15, 0.2) is 30.7 Å². The van der Waals surface area contributed by atoms with Crippen molar-refractivity contribution < 1.29 is 4.79 Å². The molecule has 0 radical (unpaired) electrons. The van der Waals surface area contributed by atoms with Crippen molar-refractivity contribution in [1.82, 2.24) is 19.9 Å². The van der Waals surface area contributed by atoms with Crippen molar-refractivity contribution in [3.8, 4) is 0 Å². The molecule has 3 aromatic heterocycles. The van der Waals surface area contributed by atoms with Crippen LogP contribution in [-0.4, -0.2) is 38.8 Å². The van der Waals surface area contributed by atoms with Crippen LogP contribution >= 0.6 is 0 Å². The molecule has 1 saturated carbocycles. The Labute approximate surface area is 140 Å². The van der Waals surface area contributed by atoms with Gasteiger partial charge in [0.2, 0.25) is 5.91 Å². The number of aromatic amines is 1. The number of carbonyl (C=O) groups is 1. The van der Waals surface area contributed by atoms with Gasteiger partial charge in [-0.15, -0.1) is 0 Å². The third kappa shape index (κ3) is 2.19. The summed E-state index contributed by atoms with van der Waals surface area (Å²) in [5.74, 6) is 1.02. The maximum atomic E-state index is 12.5. The molecule has 4 heterocycles. The number of nitrogens with one attached hydrogen (secondary N) is 1. The van der Waals surface area contributed by atoms with Crippen molar-refractivity contribution in [1.29, 1.82) is 0 Å². The molecule has 3 aromatic rings. The van der Waals surface area contributed by atoms with Gasteiger partial charge in [0.05, 0.1) is 0 Å². The lowest BCUT2D eigenvalue weighted by molar-refractivity contribution is -0.133. The van der Waals surface area contributed by atoms with Crippen LogP contribution in [-0.2, 0) is 4.79 Å². The Bertz CT molecular complexity index is 927. The van der Waals surface area contributed by atoms with Crippen molar-refractivity contribution in [3.63, 3.8) is 0 Å². The summed E-state index contributed by atoms with van der Waals surface area (Å²) in [5.41, 5.74) is 2.02. The van der Waals surface area contributed by atoms with Crippen LogP contribution in [0.25, 0.3) is 21.8 Å². The molecule has 1 unspecified atom stereocenters. The SMILES string of the molecule is O=C(C1CC1)N1CCCC(c2[nH]ccc3cnc4nccc4c23)C1. The first kappa shape index (κ1) is 14.0. The number of hydrogen-bond acceptors (Lipinski definition) is 3. The van der Waals surface area contributed by atoms with E-state index in [9.17, 15) is 4.79 Å². The zero-order valence-corrected chi connectivity index (χ0v) is 13.5. The van der Waals surface area contributed by atoms with E-state index < -0.39 is 0 Å². The third-order valence-corrected chi connectivity index (χ3v) is 5.40. The van der Waals surface area contributed by atoms with Gasteiger partial charge in [-0.25, -0.2) is 9.97 Å². The smallest absolute Gasteiger partial charge is 0.225 e. The first-order valence-electron chi connectivity index (χ1n) is 8.81. The lowest BCUT2D eigenvalue weighted by Gasteiger charge is -2.33. The fourth-order valence-electron chi connectivity index (χ4n) is 4.02. The average Bonchev–Trinajstić information content (AvgIpc) is 3.37. The van der Waals surface area contributed by atoms with E-state index in [4.69, 9.17) is 0 Å². The maximum Gasteiger partial charge on any atom is 0.225 e. The van der Waals surface area contributed by atoms with E-state index in [2.05, 4.69) is 25.9 Å². The molecule has 1 saturated heterocycles. The molecule has 2 fully saturated rings. The van der Waals surface area contributed by atoms with Crippen LogP contribution in [0.2, 0.25) is 0 Å². The fourth-order valence-corrected chi connectivity index (χ4v) is 4.02. The molecule has 1 aliphatic carbocycles. The van der Waals surface area contributed by atoms with Gasteiger partial charge in [0.1, 0.15) is 0 Å². The second-order valence-electron chi connectivity index (χ2n) is 7.06. The summed E-state index contributed by atoms with van der Waals surface area (Å²) >= 11 is 0. The lowest BCUT2D eigenvalue weighted by atomic mass is 9.90. The van der Waals surface area contributed by atoms with Crippen molar-refractivity contribution in [2.24, 2.45) is 5.92 Å². The quantitative estimate of drug-likeness (QED) is 0.788. The van der Waals surface area contributed by atoms with E-state index in [1.54, 1.807) is 0 Å². The highest BCUT2D eigenvalue weighted by Crippen LogP contribution is 2.36. The summed E-state index contributed by atoms with van der Waals surface area (Å²) < 4.78 is 0. The molecule has 5 rings (SSSR count). The fraction of sp³-hybridized carbons (Fsp3) is 0.421. The van der Waals surface area contributed by atoms with Crippen LogP contribution in [0.3, 0.4) is 0 Å². The van der Waals surface area contributed by atoms with E-state index >= 15 is 0 Å². The van der Waals surface area contributed by atoms with E-state index in [1.807, 2.05) is 24.7 Å². The Balaban J connectivity index is 1.58. The molecule has 1 atom stereocenters. The van der Waals surface area contributed by atoms with E-state index in [0.29, 0.717) is 17.7 Å². The summed E-state index contributed by atoms with van der Waals surface area (Å²) in [6, 6.07) is 4.10. The molecule has 1 aliphatic heterocycles. The van der Waals surface area contributed by atoms with Gasteiger partial charge in [-0.05, 0) is 37.8 Å². The molecular weight excluding hydrogens is 300 g/mol. The molecule has 5 heteroatoms. The van der Waals surface area contributed by atoms with Crippen LogP contribution in [0, 0.1) is 5.92 Å². The van der Waals surface area contributed by atoms with Gasteiger partial charge in [-0.1, -0.05) is 0 Å². The highest BCUT2D eigenvalue weighted by molar-refractivity contribution is 6.05. The van der Waals surface area contributed by atoms with Crippen LogP contribution in [0.5, 0.6) is 0 Å². The number of rotatable bonds is 2. The Morgan fingerprint density at radius 3 is 3.00 bits per heavy atom. The molecule has 0 spiro atoms. The molecule has 24 heavy (non-hydrogen) atoms. The van der Waals surface area contributed by atoms with E-state index in [0.717, 1.165) is 55.2 Å². The minimum Gasteiger partial charge on any atom is -0.364 e. The van der Waals surface area contributed by atoms with Crippen molar-refractivity contribution in [2.45, 2.75) is 31.6 Å². The van der Waals surface area contributed by atoms with Crippen LogP contribution < -0.4 is 0 Å². The number of piperidine rings is 1. The van der Waals surface area contributed by atoms with Gasteiger partial charge < -0.3 is 9.88 Å². The highest BCUT2D eigenvalue weighted by Gasteiger charge is 2.36. The predicted molar refractivity (Wildman–Crippen MR) is 92.7 cm³/mol. The normalized spacial score (nSPS) is 21.5. The van der Waals surface area contributed by atoms with Gasteiger partial charge in [0, 0.05) is 65.4 Å². The molecule has 0 bridgehead atoms. The number of nitrogens with zero attached hydrogens (tertiary/aromatic N) is 3. The van der Waals surface area contributed by atoms with Gasteiger partial charge in [0.15, 0.2) is 5.65 Å². The molecule has 1 amide bonds. The first-order chi connectivity index (χ1) is 11.8. The Morgan fingerprint density at radius 2 is 2.12 bits per heavy atom. The summed E-state index contributed by atoms with van der Waals surface area (Å²) in [5, 5.41) is 3.45. The average molecular weight is 320 g/mol. The number of H-pyrrole nitrogens is 1. The molecule has 1 N–H and O–H groups in total. The molecule has 0 aromatic carbocycles. The minimum absolute atomic E-state index is 0.301. The largest absolute Gasteiger partial charge is 0.364 e. The number of likely N-dealkylation sites (tertiary alicyclic amines) is 1. The monoisotopic (exact) mass is 320 g/mol. The van der Waals surface area contributed by atoms with Gasteiger partial charge in [0.25, 0.3) is 0 Å². The van der Waals surface area contributed by atoms with Gasteiger partial charge >= 0.3 is 0 Å². The molecule has 2 aliphatic rings. The highest BCUT2D eigenvalue weighted by atomic mass is 16.2. The molecular formula is C19H20N4O. The van der Waals surface area contributed by atoms with E-state index in [1.165, 1.54) is 11.1 Å². The first-order valence-corrected chi connectivity index (χ1v) is 8.81. The summed E-state index contributed by atoms with van der Waals surface area (Å²) in [4.78, 5) is 26.8. The zero-order chi connectivity index (χ0) is 16.1. The number of amides is 1. The Hall–Kier alpha value is -2.43. The van der Waals surface area contributed by atoms with Crippen molar-refractivity contribution >= 4 is 27.7 Å². The Morgan fingerprint density at radius 1 is 1.21 bits per heavy atom. The molecule has 5 nitrogen and oxygen atoms in total. The summed E-state index contributed by atoms with van der Waals surface area (Å²) in [6.07, 6.45) is 10.0. The number of carbonyl (C=O) groups excluding carboxylic acids is 1. The second kappa shape index (κ2) is 5.30. The van der Waals surface area contributed by atoms with Gasteiger partial charge in [-0.2, -0.15) is 0 Å². The number of aromatic nitrogens is 3. The van der Waals surface area contributed by atoms with E-state index in [-0.39, 0.29) is 0 Å². The lowest BCUT2D eigenvalue weighted by Crippen LogP contribution is -2.40. The topological polar surface area (TPSA) is 61.9 Å². The summed E-state index contributed by atoms with van der Waals surface area (Å²) in [7, 11) is 0. The van der Waals surface area contributed by atoms with Crippen molar-refractivity contribution in [3.05, 3.63) is 36.4 Å². The van der Waals surface area contributed by atoms with Crippen LogP contribution in [0.4, 0.5) is 0 Å². The van der Waals surface area contributed by atoms with Gasteiger partial charge in [-0.3, -0.25) is 4.79 Å². The Kier molecular flexibility index (Phi) is 3.08. The summed E-state index contributed by atoms with van der Waals surface area (Å²) in [6.45, 7) is 1.73. The predicted octanol–water partition coefficient (Wildman–Crippen LogP) is 3.23. The molecule has 122 valence electrons. The van der Waals surface area contributed by atoms with Crippen molar-refractivity contribution in [2.75, 3.05) is 13.1 Å². The zero-order valence-electron chi connectivity index (χ0n) is 13.5.